The summed E-state index contributed by atoms with van der Waals surface area (Å²) in [5, 5.41) is 23.7. The van der Waals surface area contributed by atoms with Gasteiger partial charge in [-0.05, 0) is 11.8 Å². The number of fused-ring (bicyclic) bond motifs is 1. The molecule has 0 radical (unpaired) electrons. The van der Waals surface area contributed by atoms with Crippen LogP contribution in [-0.4, -0.2) is 29.1 Å². The van der Waals surface area contributed by atoms with Crippen molar-refractivity contribution in [3.05, 3.63) is 33.8 Å². The summed E-state index contributed by atoms with van der Waals surface area (Å²) in [5.41, 5.74) is 0. The van der Waals surface area contributed by atoms with Gasteiger partial charge < -0.3 is 20.0 Å². The zero-order valence-electron chi connectivity index (χ0n) is 10.7. The number of nitrogens with one attached hydrogen (secondary N) is 1. The summed E-state index contributed by atoms with van der Waals surface area (Å²) in [6.07, 6.45) is 3.21. The zero-order chi connectivity index (χ0) is 14.3. The lowest BCUT2D eigenvalue weighted by Gasteiger charge is -2.11. The van der Waals surface area contributed by atoms with Crippen LogP contribution >= 0.6 is 11.3 Å². The lowest BCUT2D eigenvalue weighted by Crippen LogP contribution is -2.13. The molecule has 0 fully saturated rings. The maximum atomic E-state index is 11.2. The fourth-order valence-corrected chi connectivity index (χ4v) is 2.71. The van der Waals surface area contributed by atoms with Gasteiger partial charge in [0.15, 0.2) is 5.82 Å². The molecular weight excluding hydrogens is 282 g/mol. The van der Waals surface area contributed by atoms with E-state index < -0.39 is 4.92 Å². The molecule has 0 spiro atoms. The summed E-state index contributed by atoms with van der Waals surface area (Å²) < 4.78 is 3.21. The van der Waals surface area contributed by atoms with E-state index in [0.717, 1.165) is 0 Å². The van der Waals surface area contributed by atoms with Crippen molar-refractivity contribution < 1.29 is 4.92 Å². The number of aryl methyl sites for hydroxylation is 1. The fourth-order valence-electron chi connectivity index (χ4n) is 2.00. The van der Waals surface area contributed by atoms with Crippen LogP contribution in [0.4, 0.5) is 11.6 Å². The number of hydrogen-bond donors (Lipinski definition) is 1. The standard InChI is InChI=1S/C10H11N7O2S/c1-6(8-14-11-5-15(8)2)12-7-9(17(18)19)16-3-4-20-10(16)13-7/h3-6,12H,1-2H3. The van der Waals surface area contributed by atoms with Gasteiger partial charge in [0.2, 0.25) is 5.82 Å². The van der Waals surface area contributed by atoms with Crippen LogP contribution in [0.2, 0.25) is 0 Å². The minimum Gasteiger partial charge on any atom is -0.358 e. The topological polar surface area (TPSA) is 103 Å². The molecule has 3 rings (SSSR count). The molecule has 0 aliphatic carbocycles. The minimum atomic E-state index is -0.446. The van der Waals surface area contributed by atoms with E-state index in [4.69, 9.17) is 0 Å². The van der Waals surface area contributed by atoms with Gasteiger partial charge in [-0.3, -0.25) is 0 Å². The first-order valence-electron chi connectivity index (χ1n) is 5.78. The van der Waals surface area contributed by atoms with Crippen LogP contribution in [0.1, 0.15) is 18.8 Å². The summed E-state index contributed by atoms with van der Waals surface area (Å²) >= 11 is 1.34. The van der Waals surface area contributed by atoms with Gasteiger partial charge in [0.25, 0.3) is 4.96 Å². The van der Waals surface area contributed by atoms with E-state index in [1.165, 1.54) is 15.7 Å². The molecule has 20 heavy (non-hydrogen) atoms. The quantitative estimate of drug-likeness (QED) is 0.579. The monoisotopic (exact) mass is 293 g/mol. The van der Waals surface area contributed by atoms with Gasteiger partial charge >= 0.3 is 5.82 Å². The Labute approximate surface area is 117 Å². The molecule has 0 aliphatic rings. The number of thiazole rings is 1. The van der Waals surface area contributed by atoms with E-state index in [1.54, 1.807) is 22.5 Å². The van der Waals surface area contributed by atoms with Crippen LogP contribution in [0, 0.1) is 10.1 Å². The molecule has 3 aromatic rings. The largest absolute Gasteiger partial charge is 0.372 e. The zero-order valence-corrected chi connectivity index (χ0v) is 11.5. The Hall–Kier alpha value is -2.49. The summed E-state index contributed by atoms with van der Waals surface area (Å²) in [5.74, 6) is 0.836. The number of hydrogen-bond acceptors (Lipinski definition) is 7. The van der Waals surface area contributed by atoms with E-state index in [1.807, 2.05) is 14.0 Å². The van der Waals surface area contributed by atoms with Crippen molar-refractivity contribution in [2.24, 2.45) is 7.05 Å². The molecule has 0 aliphatic heterocycles. The van der Waals surface area contributed by atoms with Gasteiger partial charge in [0.1, 0.15) is 12.5 Å². The average Bonchev–Trinajstić information content (AvgIpc) is 3.03. The van der Waals surface area contributed by atoms with E-state index in [-0.39, 0.29) is 17.7 Å². The Kier molecular flexibility index (Phi) is 2.86. The second kappa shape index (κ2) is 4.56. The second-order valence-corrected chi connectivity index (χ2v) is 5.14. The number of nitrogens with zero attached hydrogens (tertiary/aromatic N) is 6. The third kappa shape index (κ3) is 1.90. The first kappa shape index (κ1) is 12.5. The van der Waals surface area contributed by atoms with Crippen molar-refractivity contribution in [1.29, 1.82) is 0 Å². The molecule has 104 valence electrons. The van der Waals surface area contributed by atoms with Gasteiger partial charge in [0.05, 0.1) is 6.04 Å². The summed E-state index contributed by atoms with van der Waals surface area (Å²) in [6.45, 7) is 1.85. The van der Waals surface area contributed by atoms with Gasteiger partial charge in [-0.15, -0.1) is 10.2 Å². The van der Waals surface area contributed by atoms with Crippen LogP contribution in [0.3, 0.4) is 0 Å². The van der Waals surface area contributed by atoms with Gasteiger partial charge in [-0.2, -0.15) is 9.38 Å². The van der Waals surface area contributed by atoms with Gasteiger partial charge in [0, 0.05) is 12.4 Å². The molecule has 0 saturated heterocycles. The molecule has 3 aromatic heterocycles. The number of anilines is 1. The molecule has 0 bridgehead atoms. The summed E-state index contributed by atoms with van der Waals surface area (Å²) in [7, 11) is 1.81. The first-order chi connectivity index (χ1) is 9.58. The molecule has 1 atom stereocenters. The molecule has 9 nitrogen and oxygen atoms in total. The molecule has 1 N–H and O–H groups in total. The molecule has 0 saturated carbocycles. The number of aromatic nitrogens is 5. The Bertz CT molecular complexity index is 774. The fraction of sp³-hybridized carbons (Fsp3) is 0.300. The highest BCUT2D eigenvalue weighted by Crippen LogP contribution is 2.30. The number of nitro groups is 1. The van der Waals surface area contributed by atoms with E-state index in [0.29, 0.717) is 10.8 Å². The van der Waals surface area contributed by atoms with E-state index in [9.17, 15) is 10.1 Å². The normalized spacial score (nSPS) is 12.7. The highest BCUT2D eigenvalue weighted by atomic mass is 32.1. The highest BCUT2D eigenvalue weighted by molar-refractivity contribution is 7.15. The van der Waals surface area contributed by atoms with Crippen molar-refractivity contribution in [3.63, 3.8) is 0 Å². The predicted octanol–water partition coefficient (Wildman–Crippen LogP) is 1.61. The van der Waals surface area contributed by atoms with Crippen molar-refractivity contribution in [2.45, 2.75) is 13.0 Å². The van der Waals surface area contributed by atoms with Crippen LogP contribution in [0.25, 0.3) is 4.96 Å². The predicted molar refractivity (Wildman–Crippen MR) is 72.8 cm³/mol. The van der Waals surface area contributed by atoms with Crippen LogP contribution in [0.15, 0.2) is 17.9 Å². The molecular formula is C10H11N7O2S. The van der Waals surface area contributed by atoms with Crippen LogP contribution < -0.4 is 5.32 Å². The smallest absolute Gasteiger partial charge is 0.358 e. The van der Waals surface area contributed by atoms with Crippen molar-refractivity contribution in [3.8, 4) is 0 Å². The Morgan fingerprint density at radius 1 is 1.55 bits per heavy atom. The molecule has 3 heterocycles. The van der Waals surface area contributed by atoms with E-state index >= 15 is 0 Å². The lowest BCUT2D eigenvalue weighted by molar-refractivity contribution is -0.389. The highest BCUT2D eigenvalue weighted by Gasteiger charge is 2.25. The third-order valence-electron chi connectivity index (χ3n) is 2.90. The SMILES string of the molecule is CC(Nc1nc2sccn2c1[N+](=O)[O-])c1nncn1C. The average molecular weight is 293 g/mol. The molecule has 0 aromatic carbocycles. The van der Waals surface area contributed by atoms with E-state index in [2.05, 4.69) is 20.5 Å². The number of imidazole rings is 1. The molecule has 10 heteroatoms. The first-order valence-corrected chi connectivity index (χ1v) is 6.66. The Morgan fingerprint density at radius 3 is 3.00 bits per heavy atom. The Morgan fingerprint density at radius 2 is 2.35 bits per heavy atom. The van der Waals surface area contributed by atoms with Crippen LogP contribution in [-0.2, 0) is 7.05 Å². The van der Waals surface area contributed by atoms with Crippen molar-refractivity contribution >= 4 is 27.9 Å². The third-order valence-corrected chi connectivity index (χ3v) is 3.65. The maximum absolute atomic E-state index is 11.2. The lowest BCUT2D eigenvalue weighted by atomic mass is 10.3. The van der Waals surface area contributed by atoms with Crippen LogP contribution in [0.5, 0.6) is 0 Å². The maximum Gasteiger partial charge on any atom is 0.372 e. The second-order valence-electron chi connectivity index (χ2n) is 4.26. The van der Waals surface area contributed by atoms with Crippen molar-refractivity contribution in [2.75, 3.05) is 5.32 Å². The van der Waals surface area contributed by atoms with Gasteiger partial charge in [-0.1, -0.05) is 11.3 Å². The van der Waals surface area contributed by atoms with Crippen molar-refractivity contribution in [1.82, 2.24) is 24.1 Å². The number of rotatable bonds is 4. The minimum absolute atomic E-state index is 0.0738. The summed E-state index contributed by atoms with van der Waals surface area (Å²) in [4.78, 5) is 15.6. The molecule has 1 unspecified atom stereocenters. The Balaban J connectivity index is 1.98. The summed E-state index contributed by atoms with van der Waals surface area (Å²) in [6, 6.07) is -0.245. The molecule has 0 amide bonds. The van der Waals surface area contributed by atoms with Gasteiger partial charge in [-0.25, -0.2) is 0 Å².